The van der Waals surface area contributed by atoms with Crippen LogP contribution >= 0.6 is 0 Å². The van der Waals surface area contributed by atoms with Crippen molar-refractivity contribution < 1.29 is 24.3 Å². The standard InChI is InChI=1S/C27H22N2O5/c1-12-13(2)22(15(4)23(30)14(12)3)29-26(33)19-9-7-17(11-21(19)27(29)34)16-6-8-18-20(10-16)25(32)28(5)24(18)31/h6-11,30H,1-5H3. The molecule has 0 fully saturated rings. The van der Waals surface area contributed by atoms with Gasteiger partial charge in [0, 0.05) is 12.6 Å². The second kappa shape index (κ2) is 7.12. The SMILES string of the molecule is Cc1c(C)c(O)c(C)c(N2C(=O)c3ccc(-c4ccc5c(c4)C(=O)N(C)C5=O)cc3C2=O)c1C. The fourth-order valence-electron chi connectivity index (χ4n) is 4.81. The Kier molecular flexibility index (Phi) is 4.52. The second-order valence-corrected chi connectivity index (χ2v) is 8.83. The number of carbonyl (C=O) groups is 4. The van der Waals surface area contributed by atoms with Gasteiger partial charge in [0.1, 0.15) is 5.75 Å². The van der Waals surface area contributed by atoms with E-state index in [0.29, 0.717) is 39.1 Å². The summed E-state index contributed by atoms with van der Waals surface area (Å²) in [6.45, 7) is 7.18. The molecule has 0 radical (unpaired) electrons. The third-order valence-electron chi connectivity index (χ3n) is 7.08. The van der Waals surface area contributed by atoms with Crippen LogP contribution in [0.4, 0.5) is 5.69 Å². The van der Waals surface area contributed by atoms with Gasteiger partial charge in [-0.15, -0.1) is 0 Å². The zero-order valence-corrected chi connectivity index (χ0v) is 19.4. The van der Waals surface area contributed by atoms with E-state index in [2.05, 4.69) is 0 Å². The maximum atomic E-state index is 13.4. The van der Waals surface area contributed by atoms with Crippen molar-refractivity contribution in [2.75, 3.05) is 11.9 Å². The van der Waals surface area contributed by atoms with Gasteiger partial charge in [-0.25, -0.2) is 4.90 Å². The van der Waals surface area contributed by atoms with E-state index in [4.69, 9.17) is 0 Å². The predicted octanol–water partition coefficient (Wildman–Crippen LogP) is 4.32. The molecule has 3 aromatic carbocycles. The van der Waals surface area contributed by atoms with Crippen LogP contribution in [-0.2, 0) is 0 Å². The number of carbonyl (C=O) groups excluding carboxylic acids is 4. The minimum absolute atomic E-state index is 0.0673. The molecule has 2 aliphatic heterocycles. The lowest BCUT2D eigenvalue weighted by atomic mass is 9.96. The first-order valence-corrected chi connectivity index (χ1v) is 10.8. The van der Waals surface area contributed by atoms with Crippen LogP contribution in [0, 0.1) is 27.7 Å². The van der Waals surface area contributed by atoms with E-state index in [1.54, 1.807) is 50.2 Å². The van der Waals surface area contributed by atoms with Crippen LogP contribution in [0.25, 0.3) is 11.1 Å². The number of anilines is 1. The van der Waals surface area contributed by atoms with Crippen molar-refractivity contribution in [1.29, 1.82) is 0 Å². The minimum Gasteiger partial charge on any atom is -0.507 e. The Bertz CT molecular complexity index is 1470. The molecule has 7 nitrogen and oxygen atoms in total. The summed E-state index contributed by atoms with van der Waals surface area (Å²) in [4.78, 5) is 53.5. The van der Waals surface area contributed by atoms with Crippen LogP contribution in [0.2, 0.25) is 0 Å². The Balaban J connectivity index is 1.60. The molecule has 0 saturated carbocycles. The molecule has 0 aliphatic carbocycles. The van der Waals surface area contributed by atoms with Gasteiger partial charge < -0.3 is 5.11 Å². The number of imide groups is 2. The van der Waals surface area contributed by atoms with Gasteiger partial charge in [-0.05, 0) is 79.8 Å². The van der Waals surface area contributed by atoms with Gasteiger partial charge in [0.15, 0.2) is 0 Å². The molecule has 0 unspecified atom stereocenters. The van der Waals surface area contributed by atoms with E-state index >= 15 is 0 Å². The Morgan fingerprint density at radius 3 is 1.65 bits per heavy atom. The first kappa shape index (κ1) is 21.6. The second-order valence-electron chi connectivity index (χ2n) is 8.83. The average molecular weight is 454 g/mol. The number of nitrogens with zero attached hydrogens (tertiary/aromatic N) is 2. The van der Waals surface area contributed by atoms with Gasteiger partial charge in [0.25, 0.3) is 23.6 Å². The van der Waals surface area contributed by atoms with Gasteiger partial charge in [0.2, 0.25) is 0 Å². The third kappa shape index (κ3) is 2.70. The predicted molar refractivity (Wildman–Crippen MR) is 126 cm³/mol. The number of phenolic OH excluding ortho intramolecular Hbond substituents is 1. The largest absolute Gasteiger partial charge is 0.507 e. The maximum absolute atomic E-state index is 13.4. The van der Waals surface area contributed by atoms with Gasteiger partial charge in [0.05, 0.1) is 27.9 Å². The first-order valence-electron chi connectivity index (χ1n) is 10.8. The summed E-state index contributed by atoms with van der Waals surface area (Å²) in [5.74, 6) is -1.57. The number of hydrogen-bond donors (Lipinski definition) is 1. The molecule has 0 atom stereocenters. The normalized spacial score (nSPS) is 14.9. The molecular weight excluding hydrogens is 432 g/mol. The molecule has 0 spiro atoms. The lowest BCUT2D eigenvalue weighted by molar-refractivity contribution is 0.0692. The molecule has 0 aromatic heterocycles. The van der Waals surface area contributed by atoms with Crippen molar-refractivity contribution >= 4 is 29.3 Å². The Morgan fingerprint density at radius 1 is 0.588 bits per heavy atom. The Labute approximate surface area is 196 Å². The van der Waals surface area contributed by atoms with Gasteiger partial charge in [-0.2, -0.15) is 0 Å². The molecular formula is C27H22N2O5. The smallest absolute Gasteiger partial charge is 0.266 e. The summed E-state index contributed by atoms with van der Waals surface area (Å²) >= 11 is 0. The van der Waals surface area contributed by atoms with Crippen LogP contribution < -0.4 is 4.90 Å². The van der Waals surface area contributed by atoms with Crippen molar-refractivity contribution in [3.63, 3.8) is 0 Å². The monoisotopic (exact) mass is 454 g/mol. The summed E-state index contributed by atoms with van der Waals surface area (Å²) in [7, 11) is 1.44. The zero-order valence-electron chi connectivity index (χ0n) is 19.4. The Hall–Kier alpha value is -4.26. The molecule has 4 amide bonds. The number of rotatable bonds is 2. The first-order chi connectivity index (χ1) is 16.0. The fraction of sp³-hybridized carbons (Fsp3) is 0.185. The molecule has 0 saturated heterocycles. The third-order valence-corrected chi connectivity index (χ3v) is 7.08. The van der Waals surface area contributed by atoms with Crippen molar-refractivity contribution in [2.24, 2.45) is 0 Å². The van der Waals surface area contributed by atoms with Gasteiger partial charge in [-0.1, -0.05) is 12.1 Å². The fourth-order valence-corrected chi connectivity index (χ4v) is 4.81. The summed E-state index contributed by atoms with van der Waals surface area (Å²) in [6.07, 6.45) is 0. The van der Waals surface area contributed by atoms with Crippen molar-refractivity contribution in [1.82, 2.24) is 4.90 Å². The average Bonchev–Trinajstić information content (AvgIpc) is 3.21. The number of hydrogen-bond acceptors (Lipinski definition) is 5. The molecule has 7 heteroatoms. The van der Waals surface area contributed by atoms with E-state index in [9.17, 15) is 24.3 Å². The number of amides is 4. The van der Waals surface area contributed by atoms with Gasteiger partial charge in [-0.3, -0.25) is 24.1 Å². The van der Waals surface area contributed by atoms with Crippen LogP contribution in [0.15, 0.2) is 36.4 Å². The molecule has 0 bridgehead atoms. The van der Waals surface area contributed by atoms with Crippen LogP contribution in [0.5, 0.6) is 5.75 Å². The number of aromatic hydroxyl groups is 1. The summed E-state index contributed by atoms with van der Waals surface area (Å²) in [6, 6.07) is 9.91. The number of fused-ring (bicyclic) bond motifs is 2. The lowest BCUT2D eigenvalue weighted by Crippen LogP contribution is -2.31. The molecule has 3 aromatic rings. The molecule has 170 valence electrons. The van der Waals surface area contributed by atoms with Crippen LogP contribution in [0.3, 0.4) is 0 Å². The summed E-state index contributed by atoms with van der Waals surface area (Å²) < 4.78 is 0. The highest BCUT2D eigenvalue weighted by atomic mass is 16.3. The number of benzene rings is 3. The minimum atomic E-state index is -0.470. The van der Waals surface area contributed by atoms with Crippen LogP contribution in [0.1, 0.15) is 63.7 Å². The van der Waals surface area contributed by atoms with Crippen molar-refractivity contribution in [3.05, 3.63) is 80.9 Å². The maximum Gasteiger partial charge on any atom is 0.266 e. The number of phenols is 1. The highest BCUT2D eigenvalue weighted by Gasteiger charge is 2.39. The van der Waals surface area contributed by atoms with Crippen molar-refractivity contribution in [2.45, 2.75) is 27.7 Å². The van der Waals surface area contributed by atoms with Crippen LogP contribution in [-0.4, -0.2) is 40.7 Å². The molecule has 1 N–H and O–H groups in total. The van der Waals surface area contributed by atoms with Gasteiger partial charge >= 0.3 is 0 Å². The van der Waals surface area contributed by atoms with Crippen molar-refractivity contribution in [3.8, 4) is 16.9 Å². The van der Waals surface area contributed by atoms with E-state index in [1.807, 2.05) is 13.8 Å². The van der Waals surface area contributed by atoms with E-state index in [1.165, 1.54) is 7.05 Å². The molecule has 5 rings (SSSR count). The van der Waals surface area contributed by atoms with E-state index in [-0.39, 0.29) is 28.7 Å². The quantitative estimate of drug-likeness (QED) is 0.582. The molecule has 34 heavy (non-hydrogen) atoms. The van der Waals surface area contributed by atoms with E-state index in [0.717, 1.165) is 20.9 Å². The topological polar surface area (TPSA) is 95.0 Å². The summed E-state index contributed by atoms with van der Waals surface area (Å²) in [5, 5.41) is 10.6. The highest BCUT2D eigenvalue weighted by Crippen LogP contribution is 2.41. The lowest BCUT2D eigenvalue weighted by Gasteiger charge is -2.23. The highest BCUT2D eigenvalue weighted by molar-refractivity contribution is 6.35. The molecule has 2 heterocycles. The van der Waals surface area contributed by atoms with E-state index < -0.39 is 11.8 Å². The Morgan fingerprint density at radius 2 is 1.06 bits per heavy atom. The summed E-state index contributed by atoms with van der Waals surface area (Å²) in [5.41, 5.74) is 5.65. The zero-order chi connectivity index (χ0) is 24.6. The molecule has 2 aliphatic rings.